The fourth-order valence-electron chi connectivity index (χ4n) is 3.58. The first-order valence-corrected chi connectivity index (χ1v) is 11.9. The van der Waals surface area contributed by atoms with Crippen LogP contribution in [0.3, 0.4) is 0 Å². The van der Waals surface area contributed by atoms with E-state index in [0.717, 1.165) is 16.6 Å². The molecule has 0 atom stereocenters. The van der Waals surface area contributed by atoms with Gasteiger partial charge in [0.1, 0.15) is 0 Å². The number of nitrogens with one attached hydrogen (secondary N) is 1. The largest absolute Gasteiger partial charge is 0.493 e. The second kappa shape index (κ2) is 9.28. The van der Waals surface area contributed by atoms with Crippen molar-refractivity contribution in [2.24, 2.45) is 0 Å². The van der Waals surface area contributed by atoms with Crippen molar-refractivity contribution in [2.45, 2.75) is 0 Å². The number of thiazole rings is 1. The smallest absolute Gasteiger partial charge is 0.274 e. The molecule has 0 aliphatic rings. The van der Waals surface area contributed by atoms with Gasteiger partial charge in [-0.2, -0.15) is 0 Å². The van der Waals surface area contributed by atoms with E-state index in [4.69, 9.17) is 9.47 Å². The van der Waals surface area contributed by atoms with Crippen molar-refractivity contribution in [3.05, 3.63) is 91.7 Å². The average molecular weight is 536 g/mol. The van der Waals surface area contributed by atoms with Crippen molar-refractivity contribution in [3.63, 3.8) is 0 Å². The molecule has 2 aromatic heterocycles. The number of anilines is 1. The average Bonchev–Trinajstić information content (AvgIpc) is 3.34. The highest BCUT2D eigenvalue weighted by Gasteiger charge is 2.15. The third kappa shape index (κ3) is 4.27. The lowest BCUT2D eigenvalue weighted by Crippen LogP contribution is -2.22. The van der Waals surface area contributed by atoms with Crippen molar-refractivity contribution >= 4 is 60.9 Å². The Morgan fingerprint density at radius 2 is 1.91 bits per heavy atom. The number of imidazole rings is 1. The fourth-order valence-corrected chi connectivity index (χ4v) is 5.14. The summed E-state index contributed by atoms with van der Waals surface area (Å²) in [5, 5.41) is 2.77. The zero-order chi connectivity index (χ0) is 23.7. The number of halogens is 1. The highest BCUT2D eigenvalue weighted by Crippen LogP contribution is 2.37. The molecule has 9 heteroatoms. The van der Waals surface area contributed by atoms with Gasteiger partial charge in [-0.25, -0.2) is 9.38 Å². The molecule has 2 heterocycles. The topological polar surface area (TPSA) is 81.9 Å². The van der Waals surface area contributed by atoms with Crippen LogP contribution in [0, 0.1) is 0 Å². The summed E-state index contributed by atoms with van der Waals surface area (Å²) in [6.45, 7) is -0.188. The molecule has 0 aliphatic carbocycles. The van der Waals surface area contributed by atoms with Crippen molar-refractivity contribution in [3.8, 4) is 11.5 Å². The molecule has 0 aliphatic heterocycles. The summed E-state index contributed by atoms with van der Waals surface area (Å²) in [6.07, 6.45) is 1.79. The van der Waals surface area contributed by atoms with E-state index in [0.29, 0.717) is 31.2 Å². The molecule has 170 valence electrons. The molecule has 0 spiro atoms. The van der Waals surface area contributed by atoms with Crippen LogP contribution < -0.4 is 24.9 Å². The Morgan fingerprint density at radius 3 is 2.71 bits per heavy atom. The van der Waals surface area contributed by atoms with E-state index in [9.17, 15) is 9.59 Å². The molecule has 0 saturated carbocycles. The van der Waals surface area contributed by atoms with E-state index >= 15 is 0 Å². The van der Waals surface area contributed by atoms with E-state index in [2.05, 4.69) is 26.2 Å². The second-order valence-corrected chi connectivity index (χ2v) is 9.23. The Hall–Kier alpha value is -3.69. The first-order valence-electron chi connectivity index (χ1n) is 10.3. The lowest BCUT2D eigenvalue weighted by atomic mass is 10.2. The van der Waals surface area contributed by atoms with E-state index in [1.54, 1.807) is 28.7 Å². The molecule has 5 rings (SSSR count). The summed E-state index contributed by atoms with van der Waals surface area (Å²) in [4.78, 5) is 30.5. The Balaban J connectivity index is 1.42. The Morgan fingerprint density at radius 1 is 1.15 bits per heavy atom. The Kier molecular flexibility index (Phi) is 6.04. The number of para-hydroxylation sites is 3. The lowest BCUT2D eigenvalue weighted by Gasteiger charge is -2.13. The van der Waals surface area contributed by atoms with Crippen molar-refractivity contribution in [1.29, 1.82) is 0 Å². The molecule has 0 saturated heterocycles. The van der Waals surface area contributed by atoms with Gasteiger partial charge in [-0.05, 0) is 64.0 Å². The van der Waals surface area contributed by atoms with E-state index in [-0.39, 0.29) is 18.1 Å². The van der Waals surface area contributed by atoms with E-state index in [1.807, 2.05) is 48.5 Å². The summed E-state index contributed by atoms with van der Waals surface area (Å²) in [7, 11) is 1.52. The van der Waals surface area contributed by atoms with Crippen molar-refractivity contribution in [2.75, 3.05) is 19.0 Å². The Bertz CT molecular complexity index is 1630. The third-order valence-electron chi connectivity index (χ3n) is 5.10. The number of methoxy groups -OCH3 is 1. The summed E-state index contributed by atoms with van der Waals surface area (Å²) in [6, 6.07) is 20.3. The minimum atomic E-state index is -0.291. The summed E-state index contributed by atoms with van der Waals surface area (Å²) in [5.74, 6) is 0.547. The van der Waals surface area contributed by atoms with Crippen molar-refractivity contribution in [1.82, 2.24) is 9.38 Å². The van der Waals surface area contributed by atoms with Crippen LogP contribution in [0.2, 0.25) is 0 Å². The molecular weight excluding hydrogens is 518 g/mol. The number of carbonyl (C=O) groups is 1. The third-order valence-corrected chi connectivity index (χ3v) is 6.66. The van der Waals surface area contributed by atoms with Gasteiger partial charge >= 0.3 is 0 Å². The van der Waals surface area contributed by atoms with Crippen LogP contribution in [-0.2, 0) is 4.79 Å². The number of nitrogens with zero attached hydrogens (tertiary/aromatic N) is 2. The van der Waals surface area contributed by atoms with Gasteiger partial charge in [-0.3, -0.25) is 9.59 Å². The molecule has 0 fully saturated rings. The van der Waals surface area contributed by atoms with Gasteiger partial charge in [0.2, 0.25) is 0 Å². The van der Waals surface area contributed by atoms with Gasteiger partial charge in [-0.15, -0.1) is 0 Å². The van der Waals surface area contributed by atoms with Gasteiger partial charge in [0.15, 0.2) is 23.1 Å². The lowest BCUT2D eigenvalue weighted by molar-refractivity contribution is -0.118. The normalized spacial score (nSPS) is 11.8. The first kappa shape index (κ1) is 22.1. The van der Waals surface area contributed by atoms with Gasteiger partial charge in [-0.1, -0.05) is 41.7 Å². The van der Waals surface area contributed by atoms with Crippen LogP contribution in [0.15, 0.2) is 76.0 Å². The molecule has 0 bridgehead atoms. The maximum atomic E-state index is 13.0. The number of ether oxygens (including phenoxy) is 2. The van der Waals surface area contributed by atoms with Crippen LogP contribution in [0.25, 0.3) is 22.1 Å². The molecule has 0 radical (unpaired) electrons. The predicted octanol–water partition coefficient (Wildman–Crippen LogP) is 4.25. The molecule has 1 N–H and O–H groups in total. The zero-order valence-corrected chi connectivity index (χ0v) is 20.4. The first-order chi connectivity index (χ1) is 16.5. The van der Waals surface area contributed by atoms with Crippen LogP contribution in [0.1, 0.15) is 5.56 Å². The van der Waals surface area contributed by atoms with Gasteiger partial charge < -0.3 is 14.8 Å². The van der Waals surface area contributed by atoms with Gasteiger partial charge in [0.25, 0.3) is 11.5 Å². The number of amides is 1. The van der Waals surface area contributed by atoms with Crippen LogP contribution in [-0.4, -0.2) is 29.0 Å². The molecule has 7 nitrogen and oxygen atoms in total. The zero-order valence-electron chi connectivity index (χ0n) is 17.9. The minimum Gasteiger partial charge on any atom is -0.493 e. The number of fused-ring (bicyclic) bond motifs is 3. The maximum absolute atomic E-state index is 13.0. The van der Waals surface area contributed by atoms with Crippen molar-refractivity contribution < 1.29 is 14.3 Å². The quantitative estimate of drug-likeness (QED) is 0.351. The number of hydrogen-bond donors (Lipinski definition) is 1. The van der Waals surface area contributed by atoms with Crippen LogP contribution in [0.4, 0.5) is 5.69 Å². The van der Waals surface area contributed by atoms with Crippen LogP contribution in [0.5, 0.6) is 11.5 Å². The SMILES string of the molecule is COc1cc(/C=c2\sc3nc4ccccc4n3c2=O)cc(Br)c1OCC(=O)Nc1ccccc1. The predicted molar refractivity (Wildman–Crippen MR) is 137 cm³/mol. The molecule has 34 heavy (non-hydrogen) atoms. The fraction of sp³-hybridized carbons (Fsp3) is 0.0800. The van der Waals surface area contributed by atoms with E-state index < -0.39 is 0 Å². The summed E-state index contributed by atoms with van der Waals surface area (Å²) in [5.41, 5.74) is 2.89. The second-order valence-electron chi connectivity index (χ2n) is 7.37. The highest BCUT2D eigenvalue weighted by atomic mass is 79.9. The Labute approximate surface area is 206 Å². The summed E-state index contributed by atoms with van der Waals surface area (Å²) >= 11 is 4.82. The minimum absolute atomic E-state index is 0.123. The molecule has 0 unspecified atom stereocenters. The molecule has 3 aromatic carbocycles. The van der Waals surface area contributed by atoms with Crippen LogP contribution >= 0.6 is 27.3 Å². The number of hydrogen-bond acceptors (Lipinski definition) is 6. The van der Waals surface area contributed by atoms with Gasteiger partial charge in [0, 0.05) is 5.69 Å². The number of rotatable bonds is 6. The number of carbonyl (C=O) groups excluding carboxylic acids is 1. The molecule has 5 aromatic rings. The van der Waals surface area contributed by atoms with Gasteiger partial charge in [0.05, 0.1) is 27.1 Å². The summed E-state index contributed by atoms with van der Waals surface area (Å²) < 4.78 is 14.0. The highest BCUT2D eigenvalue weighted by molar-refractivity contribution is 9.10. The van der Waals surface area contributed by atoms with E-state index in [1.165, 1.54) is 18.4 Å². The molecule has 1 amide bonds. The monoisotopic (exact) mass is 535 g/mol. The standard InChI is InChI=1S/C25H18BrN3O4S/c1-32-20-12-15(11-17(26)23(20)33-14-22(30)27-16-7-3-2-4-8-16)13-21-24(31)29-19-10-6-5-9-18(19)28-25(29)34-21/h2-13H,14H2,1H3,(H,27,30)/b21-13-. The maximum Gasteiger partial charge on any atom is 0.274 e. The number of benzene rings is 3. The number of aromatic nitrogens is 2. The molecular formula is C25H18BrN3O4S.